The Morgan fingerprint density at radius 3 is 2.56 bits per heavy atom. The third kappa shape index (κ3) is 3.24. The van der Waals surface area contributed by atoms with E-state index in [4.69, 9.17) is 4.84 Å². The van der Waals surface area contributed by atoms with E-state index in [0.29, 0.717) is 12.8 Å². The molecule has 0 aliphatic carbocycles. The van der Waals surface area contributed by atoms with Crippen molar-refractivity contribution in [3.63, 3.8) is 0 Å². The highest BCUT2D eigenvalue weighted by atomic mass is 16.7. The number of para-hydroxylation sites is 1. The van der Waals surface area contributed by atoms with E-state index in [1.165, 1.54) is 6.26 Å². The van der Waals surface area contributed by atoms with Crippen molar-refractivity contribution in [3.8, 4) is 5.75 Å². The number of amides is 2. The second-order valence-corrected chi connectivity index (χ2v) is 3.63. The zero-order chi connectivity index (χ0) is 12.8. The SMILES string of the molecule is O=C1CC=CON1.O=C1Cc2ccccc2ON1. The Morgan fingerprint density at radius 1 is 1.06 bits per heavy atom. The number of rotatable bonds is 0. The molecule has 2 heterocycles. The summed E-state index contributed by atoms with van der Waals surface area (Å²) in [6.45, 7) is 0. The molecular weight excluding hydrogens is 236 g/mol. The maximum atomic E-state index is 10.8. The van der Waals surface area contributed by atoms with Crippen molar-refractivity contribution in [3.05, 3.63) is 42.2 Å². The molecule has 0 saturated carbocycles. The normalized spacial score (nSPS) is 16.0. The van der Waals surface area contributed by atoms with Crippen molar-refractivity contribution in [2.75, 3.05) is 0 Å². The lowest BCUT2D eigenvalue weighted by Gasteiger charge is -2.15. The van der Waals surface area contributed by atoms with Gasteiger partial charge in [0.1, 0.15) is 6.26 Å². The van der Waals surface area contributed by atoms with Gasteiger partial charge in [-0.05, 0) is 12.1 Å². The maximum Gasteiger partial charge on any atom is 0.257 e. The Bertz CT molecular complexity index is 485. The van der Waals surface area contributed by atoms with E-state index in [0.717, 1.165) is 11.3 Å². The molecule has 0 bridgehead atoms. The van der Waals surface area contributed by atoms with Gasteiger partial charge in [-0.15, -0.1) is 0 Å². The van der Waals surface area contributed by atoms with E-state index in [1.807, 2.05) is 24.3 Å². The molecule has 94 valence electrons. The molecule has 1 aromatic rings. The number of carbonyl (C=O) groups is 2. The fraction of sp³-hybridized carbons (Fsp3) is 0.167. The van der Waals surface area contributed by atoms with Crippen LogP contribution in [-0.2, 0) is 20.8 Å². The van der Waals surface area contributed by atoms with Gasteiger partial charge in [0.25, 0.3) is 11.8 Å². The van der Waals surface area contributed by atoms with Crippen LogP contribution in [0.4, 0.5) is 0 Å². The van der Waals surface area contributed by atoms with Crippen LogP contribution in [0.3, 0.4) is 0 Å². The molecule has 0 atom stereocenters. The molecule has 0 radical (unpaired) electrons. The molecule has 0 saturated heterocycles. The summed E-state index contributed by atoms with van der Waals surface area (Å²) < 4.78 is 0. The minimum absolute atomic E-state index is 0.0938. The van der Waals surface area contributed by atoms with E-state index in [-0.39, 0.29) is 11.8 Å². The van der Waals surface area contributed by atoms with E-state index in [2.05, 4.69) is 15.8 Å². The maximum absolute atomic E-state index is 10.8. The van der Waals surface area contributed by atoms with Crippen molar-refractivity contribution < 1.29 is 19.3 Å². The third-order valence-electron chi connectivity index (χ3n) is 2.24. The van der Waals surface area contributed by atoms with Gasteiger partial charge in [0.2, 0.25) is 0 Å². The average Bonchev–Trinajstić information content (AvgIpc) is 2.40. The molecule has 2 amide bonds. The Balaban J connectivity index is 0.000000149. The summed E-state index contributed by atoms with van der Waals surface area (Å²) in [7, 11) is 0. The molecule has 0 spiro atoms. The minimum atomic E-state index is -0.0949. The van der Waals surface area contributed by atoms with E-state index >= 15 is 0 Å². The first-order chi connectivity index (χ1) is 8.75. The molecule has 1 aromatic carbocycles. The van der Waals surface area contributed by atoms with Crippen molar-refractivity contribution in [1.82, 2.24) is 11.0 Å². The predicted octanol–water partition coefficient (Wildman–Crippen LogP) is 0.604. The van der Waals surface area contributed by atoms with Gasteiger partial charge in [-0.2, -0.15) is 11.0 Å². The van der Waals surface area contributed by atoms with Gasteiger partial charge < -0.3 is 9.68 Å². The smallest absolute Gasteiger partial charge is 0.257 e. The van der Waals surface area contributed by atoms with Crippen molar-refractivity contribution in [1.29, 1.82) is 0 Å². The number of benzene rings is 1. The lowest BCUT2D eigenvalue weighted by molar-refractivity contribution is -0.130. The van der Waals surface area contributed by atoms with Crippen LogP contribution in [0.5, 0.6) is 5.75 Å². The van der Waals surface area contributed by atoms with Crippen molar-refractivity contribution in [2.24, 2.45) is 0 Å². The Hall–Kier alpha value is -2.50. The van der Waals surface area contributed by atoms with Crippen LogP contribution >= 0.6 is 0 Å². The standard InChI is InChI=1S/C8H7NO2.C4H5NO2/c10-8-5-6-3-1-2-4-7(6)11-9-8;6-4-2-1-3-7-5-4/h1-4H,5H2,(H,9,10);1,3H,2H2,(H,5,6). The largest absolute Gasteiger partial charge is 0.388 e. The van der Waals surface area contributed by atoms with E-state index in [9.17, 15) is 9.59 Å². The molecular formula is C12H12N2O4. The minimum Gasteiger partial charge on any atom is -0.388 e. The summed E-state index contributed by atoms with van der Waals surface area (Å²) in [5.74, 6) is 0.554. The molecule has 3 rings (SSSR count). The van der Waals surface area contributed by atoms with Crippen LogP contribution in [0, 0.1) is 0 Å². The first-order valence-corrected chi connectivity index (χ1v) is 5.39. The monoisotopic (exact) mass is 248 g/mol. The second kappa shape index (κ2) is 5.72. The molecule has 18 heavy (non-hydrogen) atoms. The van der Waals surface area contributed by atoms with Gasteiger partial charge in [-0.3, -0.25) is 9.59 Å². The molecule has 2 N–H and O–H groups in total. The third-order valence-corrected chi connectivity index (χ3v) is 2.24. The first kappa shape index (κ1) is 12.0. The molecule has 0 unspecified atom stereocenters. The number of hydrogen-bond donors (Lipinski definition) is 2. The molecule has 2 aliphatic rings. The van der Waals surface area contributed by atoms with Crippen LogP contribution in [0.15, 0.2) is 36.6 Å². The fourth-order valence-corrected chi connectivity index (χ4v) is 1.42. The Labute approximate surface area is 103 Å². The topological polar surface area (TPSA) is 76.7 Å². The predicted molar refractivity (Wildman–Crippen MR) is 61.9 cm³/mol. The Morgan fingerprint density at radius 2 is 1.89 bits per heavy atom. The zero-order valence-electron chi connectivity index (χ0n) is 9.51. The number of fused-ring (bicyclic) bond motifs is 1. The summed E-state index contributed by atoms with van der Waals surface area (Å²) >= 11 is 0. The second-order valence-electron chi connectivity index (χ2n) is 3.63. The summed E-state index contributed by atoms with van der Waals surface area (Å²) in [6, 6.07) is 7.47. The van der Waals surface area contributed by atoms with Crippen LogP contribution in [0.25, 0.3) is 0 Å². The number of nitrogens with one attached hydrogen (secondary N) is 2. The number of hydrogen-bond acceptors (Lipinski definition) is 4. The fourth-order valence-electron chi connectivity index (χ4n) is 1.42. The molecule has 6 heteroatoms. The number of carbonyl (C=O) groups excluding carboxylic acids is 2. The zero-order valence-corrected chi connectivity index (χ0v) is 9.51. The van der Waals surface area contributed by atoms with E-state index in [1.54, 1.807) is 6.08 Å². The average molecular weight is 248 g/mol. The van der Waals surface area contributed by atoms with Crippen molar-refractivity contribution in [2.45, 2.75) is 12.8 Å². The lowest BCUT2D eigenvalue weighted by atomic mass is 10.1. The van der Waals surface area contributed by atoms with Crippen LogP contribution in [-0.4, -0.2) is 11.8 Å². The quantitative estimate of drug-likeness (QED) is 0.705. The molecule has 6 nitrogen and oxygen atoms in total. The van der Waals surface area contributed by atoms with Crippen LogP contribution < -0.4 is 15.8 Å². The van der Waals surface area contributed by atoms with Crippen LogP contribution in [0.2, 0.25) is 0 Å². The summed E-state index contributed by atoms with van der Waals surface area (Å²) in [4.78, 5) is 30.3. The van der Waals surface area contributed by atoms with E-state index < -0.39 is 0 Å². The number of hydroxylamine groups is 2. The first-order valence-electron chi connectivity index (χ1n) is 5.39. The highest BCUT2D eigenvalue weighted by Crippen LogP contribution is 2.19. The summed E-state index contributed by atoms with van der Waals surface area (Å²) in [5.41, 5.74) is 5.40. The van der Waals surface area contributed by atoms with Gasteiger partial charge in [-0.25, -0.2) is 0 Å². The molecule has 0 aromatic heterocycles. The summed E-state index contributed by atoms with van der Waals surface area (Å²) in [6.07, 6.45) is 3.94. The Kier molecular flexibility index (Phi) is 3.80. The van der Waals surface area contributed by atoms with Crippen molar-refractivity contribution >= 4 is 11.8 Å². The lowest BCUT2D eigenvalue weighted by Crippen LogP contribution is -2.32. The highest BCUT2D eigenvalue weighted by molar-refractivity contribution is 5.80. The highest BCUT2D eigenvalue weighted by Gasteiger charge is 2.14. The summed E-state index contributed by atoms with van der Waals surface area (Å²) in [5, 5.41) is 0. The molecule has 2 aliphatic heterocycles. The van der Waals surface area contributed by atoms with Gasteiger partial charge in [0, 0.05) is 5.56 Å². The van der Waals surface area contributed by atoms with Gasteiger partial charge in [0.15, 0.2) is 5.75 Å². The van der Waals surface area contributed by atoms with Gasteiger partial charge in [-0.1, -0.05) is 18.2 Å². The van der Waals surface area contributed by atoms with Gasteiger partial charge in [0.05, 0.1) is 12.8 Å². The van der Waals surface area contributed by atoms with Crippen LogP contribution in [0.1, 0.15) is 12.0 Å². The van der Waals surface area contributed by atoms with Gasteiger partial charge >= 0.3 is 0 Å². The molecule has 0 fully saturated rings.